The molecule has 2 aromatic rings. The molecule has 1 aromatic heterocycles. The van der Waals surface area contributed by atoms with Crippen molar-refractivity contribution in [3.63, 3.8) is 0 Å². The van der Waals surface area contributed by atoms with Crippen LogP contribution in [-0.2, 0) is 0 Å². The zero-order valence-corrected chi connectivity index (χ0v) is 12.8. The summed E-state index contributed by atoms with van der Waals surface area (Å²) < 4.78 is 4.94. The minimum atomic E-state index is -0.0495. The van der Waals surface area contributed by atoms with Gasteiger partial charge in [-0.15, -0.1) is 11.8 Å². The molecule has 5 heteroatoms. The van der Waals surface area contributed by atoms with Gasteiger partial charge in [0, 0.05) is 29.3 Å². The summed E-state index contributed by atoms with van der Waals surface area (Å²) in [4.78, 5) is 15.3. The van der Waals surface area contributed by atoms with Gasteiger partial charge in [0.05, 0.1) is 6.20 Å². The average molecular weight is 302 g/mol. The predicted molar refractivity (Wildman–Crippen MR) is 82.5 cm³/mol. The lowest BCUT2D eigenvalue weighted by atomic mass is 10.1. The molecule has 1 amide bonds. The SMILES string of the molecule is Cc1cccc(SC2CCN(C(=O)c3ccno3)CC2)c1. The molecule has 0 bridgehead atoms. The van der Waals surface area contributed by atoms with Gasteiger partial charge in [-0.3, -0.25) is 4.79 Å². The Morgan fingerprint density at radius 3 is 2.81 bits per heavy atom. The Labute approximate surface area is 128 Å². The van der Waals surface area contributed by atoms with Gasteiger partial charge in [0.1, 0.15) is 0 Å². The van der Waals surface area contributed by atoms with Crippen LogP contribution in [0.4, 0.5) is 0 Å². The first-order valence-electron chi connectivity index (χ1n) is 7.15. The van der Waals surface area contributed by atoms with Crippen LogP contribution in [0.3, 0.4) is 0 Å². The molecule has 110 valence electrons. The van der Waals surface area contributed by atoms with E-state index in [1.807, 2.05) is 16.7 Å². The highest BCUT2D eigenvalue weighted by molar-refractivity contribution is 8.00. The first-order chi connectivity index (χ1) is 10.2. The Hall–Kier alpha value is -1.75. The maximum atomic E-state index is 12.2. The number of carbonyl (C=O) groups excluding carboxylic acids is 1. The topological polar surface area (TPSA) is 46.3 Å². The van der Waals surface area contributed by atoms with Gasteiger partial charge in [-0.1, -0.05) is 22.9 Å². The highest BCUT2D eigenvalue weighted by Crippen LogP contribution is 2.31. The number of amides is 1. The lowest BCUT2D eigenvalue weighted by molar-refractivity contribution is 0.0685. The van der Waals surface area contributed by atoms with Crippen molar-refractivity contribution in [2.45, 2.75) is 29.9 Å². The second-order valence-corrected chi connectivity index (χ2v) is 6.68. The van der Waals surface area contributed by atoms with Crippen LogP contribution in [0.25, 0.3) is 0 Å². The number of nitrogens with zero attached hydrogens (tertiary/aromatic N) is 2. The Morgan fingerprint density at radius 2 is 2.14 bits per heavy atom. The number of rotatable bonds is 3. The molecule has 1 fully saturated rings. The second kappa shape index (κ2) is 6.35. The van der Waals surface area contributed by atoms with E-state index in [1.54, 1.807) is 6.07 Å². The number of aryl methyl sites for hydroxylation is 1. The molecule has 4 nitrogen and oxygen atoms in total. The third-order valence-electron chi connectivity index (χ3n) is 3.67. The fourth-order valence-corrected chi connectivity index (χ4v) is 3.78. The van der Waals surface area contributed by atoms with Gasteiger partial charge >= 0.3 is 0 Å². The van der Waals surface area contributed by atoms with Crippen molar-refractivity contribution in [3.8, 4) is 0 Å². The van der Waals surface area contributed by atoms with Crippen LogP contribution < -0.4 is 0 Å². The Balaban J connectivity index is 1.54. The maximum absolute atomic E-state index is 12.2. The highest BCUT2D eigenvalue weighted by atomic mass is 32.2. The second-order valence-electron chi connectivity index (χ2n) is 5.30. The molecule has 1 aliphatic rings. The van der Waals surface area contributed by atoms with E-state index >= 15 is 0 Å². The maximum Gasteiger partial charge on any atom is 0.292 e. The molecule has 0 N–H and O–H groups in total. The average Bonchev–Trinajstić information content (AvgIpc) is 3.01. The van der Waals surface area contributed by atoms with Gasteiger partial charge in [0.2, 0.25) is 5.76 Å². The molecule has 0 atom stereocenters. The van der Waals surface area contributed by atoms with Crippen molar-refractivity contribution in [3.05, 3.63) is 47.9 Å². The Morgan fingerprint density at radius 1 is 1.33 bits per heavy atom. The number of piperidine rings is 1. The van der Waals surface area contributed by atoms with Gasteiger partial charge in [-0.25, -0.2) is 0 Å². The molecule has 1 saturated heterocycles. The number of hydrogen-bond acceptors (Lipinski definition) is 4. The van der Waals surface area contributed by atoms with Crippen LogP contribution in [0.15, 0.2) is 45.9 Å². The van der Waals surface area contributed by atoms with Crippen molar-refractivity contribution >= 4 is 17.7 Å². The molecule has 0 radical (unpaired) electrons. The van der Waals surface area contributed by atoms with Crippen LogP contribution in [-0.4, -0.2) is 34.3 Å². The third-order valence-corrected chi connectivity index (χ3v) is 5.00. The van der Waals surface area contributed by atoms with Gasteiger partial charge < -0.3 is 9.42 Å². The van der Waals surface area contributed by atoms with E-state index in [1.165, 1.54) is 16.7 Å². The monoisotopic (exact) mass is 302 g/mol. The summed E-state index contributed by atoms with van der Waals surface area (Å²) in [6.07, 6.45) is 3.53. The van der Waals surface area contributed by atoms with Crippen molar-refractivity contribution in [1.29, 1.82) is 0 Å². The summed E-state index contributed by atoms with van der Waals surface area (Å²) in [7, 11) is 0. The van der Waals surface area contributed by atoms with E-state index in [0.29, 0.717) is 11.0 Å². The summed E-state index contributed by atoms with van der Waals surface area (Å²) in [5.74, 6) is 0.284. The van der Waals surface area contributed by atoms with Crippen molar-refractivity contribution < 1.29 is 9.32 Å². The zero-order valence-electron chi connectivity index (χ0n) is 12.0. The number of carbonyl (C=O) groups is 1. The van der Waals surface area contributed by atoms with Crippen molar-refractivity contribution in [2.75, 3.05) is 13.1 Å². The fraction of sp³-hybridized carbons (Fsp3) is 0.375. The molecular weight excluding hydrogens is 284 g/mol. The van der Waals surface area contributed by atoms with Gasteiger partial charge in [-0.05, 0) is 31.9 Å². The molecule has 1 aromatic carbocycles. The van der Waals surface area contributed by atoms with E-state index in [4.69, 9.17) is 4.52 Å². The lowest BCUT2D eigenvalue weighted by Gasteiger charge is -2.31. The molecule has 21 heavy (non-hydrogen) atoms. The molecule has 3 rings (SSSR count). The van der Waals surface area contributed by atoms with Crippen molar-refractivity contribution in [1.82, 2.24) is 10.1 Å². The Bertz CT molecular complexity index is 604. The molecular formula is C16H18N2O2S. The Kier molecular flexibility index (Phi) is 4.29. The van der Waals surface area contributed by atoms with Crippen LogP contribution in [0.2, 0.25) is 0 Å². The summed E-state index contributed by atoms with van der Waals surface area (Å²) in [5.41, 5.74) is 1.29. The van der Waals surface area contributed by atoms with Crippen LogP contribution in [0.1, 0.15) is 29.0 Å². The van der Waals surface area contributed by atoms with Gasteiger partial charge in [0.25, 0.3) is 5.91 Å². The van der Waals surface area contributed by atoms with E-state index in [9.17, 15) is 4.79 Å². The number of likely N-dealkylation sites (tertiary alicyclic amines) is 1. The zero-order chi connectivity index (χ0) is 14.7. The van der Waals surface area contributed by atoms with E-state index < -0.39 is 0 Å². The first kappa shape index (κ1) is 14.2. The quantitative estimate of drug-likeness (QED) is 0.872. The number of aromatic nitrogens is 1. The number of thioether (sulfide) groups is 1. The summed E-state index contributed by atoms with van der Waals surface area (Å²) in [6, 6.07) is 10.2. The smallest absolute Gasteiger partial charge is 0.292 e. The van der Waals surface area contributed by atoms with E-state index in [2.05, 4.69) is 36.3 Å². The molecule has 0 saturated carbocycles. The number of hydrogen-bond donors (Lipinski definition) is 0. The molecule has 0 spiro atoms. The molecule has 0 unspecified atom stereocenters. The van der Waals surface area contributed by atoms with Gasteiger partial charge in [-0.2, -0.15) is 0 Å². The standard InChI is InChI=1S/C16H18N2O2S/c1-12-3-2-4-14(11-12)21-13-6-9-18(10-7-13)16(19)15-5-8-17-20-15/h2-5,8,11,13H,6-7,9-10H2,1H3. The van der Waals surface area contributed by atoms with E-state index in [-0.39, 0.29) is 5.91 Å². The van der Waals surface area contributed by atoms with Crippen LogP contribution >= 0.6 is 11.8 Å². The summed E-state index contributed by atoms with van der Waals surface area (Å²) in [5, 5.41) is 4.17. The fourth-order valence-electron chi connectivity index (χ4n) is 2.54. The minimum Gasteiger partial charge on any atom is -0.351 e. The van der Waals surface area contributed by atoms with Crippen LogP contribution in [0.5, 0.6) is 0 Å². The number of benzene rings is 1. The lowest BCUT2D eigenvalue weighted by Crippen LogP contribution is -2.39. The molecule has 2 heterocycles. The van der Waals surface area contributed by atoms with Crippen LogP contribution in [0, 0.1) is 6.92 Å². The summed E-state index contributed by atoms with van der Waals surface area (Å²) in [6.45, 7) is 3.68. The third kappa shape index (κ3) is 3.47. The largest absolute Gasteiger partial charge is 0.351 e. The van der Waals surface area contributed by atoms with Gasteiger partial charge in [0.15, 0.2) is 0 Å². The minimum absolute atomic E-state index is 0.0495. The highest BCUT2D eigenvalue weighted by Gasteiger charge is 2.25. The predicted octanol–water partition coefficient (Wildman–Crippen LogP) is 3.38. The normalized spacial score (nSPS) is 16.1. The van der Waals surface area contributed by atoms with Crippen molar-refractivity contribution in [2.24, 2.45) is 0 Å². The molecule has 1 aliphatic heterocycles. The molecule has 0 aliphatic carbocycles. The van der Waals surface area contributed by atoms with E-state index in [0.717, 1.165) is 25.9 Å². The first-order valence-corrected chi connectivity index (χ1v) is 8.03. The summed E-state index contributed by atoms with van der Waals surface area (Å²) >= 11 is 1.92.